The summed E-state index contributed by atoms with van der Waals surface area (Å²) >= 11 is 5.68. The fraction of sp³-hybridized carbons (Fsp3) is 0.350. The van der Waals surface area contributed by atoms with Crippen LogP contribution in [0.3, 0.4) is 0 Å². The number of alkyl halides is 3. The molecule has 0 atom stereocenters. The zero-order chi connectivity index (χ0) is 21.0. The first-order valence-electron chi connectivity index (χ1n) is 9.19. The normalized spacial score (nSPS) is 14.7. The van der Waals surface area contributed by atoms with Gasteiger partial charge in [-0.1, -0.05) is 23.7 Å². The van der Waals surface area contributed by atoms with Crippen LogP contribution in [0.2, 0.25) is 5.02 Å². The summed E-state index contributed by atoms with van der Waals surface area (Å²) in [5, 5.41) is 2.32. The van der Waals surface area contributed by atoms with Crippen molar-refractivity contribution in [2.75, 3.05) is 43.0 Å². The van der Waals surface area contributed by atoms with Crippen LogP contribution in [0.15, 0.2) is 42.5 Å². The van der Waals surface area contributed by atoms with Gasteiger partial charge in [-0.2, -0.15) is 13.2 Å². The van der Waals surface area contributed by atoms with E-state index in [9.17, 15) is 18.0 Å². The molecule has 0 aromatic heterocycles. The Labute approximate surface area is 172 Å². The quantitative estimate of drug-likeness (QED) is 0.737. The maximum Gasteiger partial charge on any atom is 0.418 e. The van der Waals surface area contributed by atoms with Gasteiger partial charge in [-0.3, -0.25) is 0 Å². The Morgan fingerprint density at radius 3 is 2.48 bits per heavy atom. The second-order valence-corrected chi connectivity index (χ2v) is 6.93. The zero-order valence-electron chi connectivity index (χ0n) is 15.8. The number of hydrogen-bond donors (Lipinski definition) is 1. The molecule has 3 rings (SSSR count). The van der Waals surface area contributed by atoms with Crippen molar-refractivity contribution < 1.29 is 22.7 Å². The summed E-state index contributed by atoms with van der Waals surface area (Å²) in [6.07, 6.45) is -4.62. The second-order valence-electron chi connectivity index (χ2n) is 6.49. The highest BCUT2D eigenvalue weighted by Crippen LogP contribution is 2.36. The Hall–Kier alpha value is -2.61. The van der Waals surface area contributed by atoms with Gasteiger partial charge in [0.1, 0.15) is 5.75 Å². The lowest BCUT2D eigenvalue weighted by atomic mass is 10.1. The van der Waals surface area contributed by atoms with Gasteiger partial charge in [-0.05, 0) is 37.3 Å². The first kappa shape index (κ1) is 21.1. The molecule has 2 aromatic rings. The summed E-state index contributed by atoms with van der Waals surface area (Å²) in [5.41, 5.74) is -0.342. The van der Waals surface area contributed by atoms with E-state index in [4.69, 9.17) is 16.3 Å². The number of piperazine rings is 1. The van der Waals surface area contributed by atoms with Crippen LogP contribution < -0.4 is 15.0 Å². The molecule has 1 fully saturated rings. The van der Waals surface area contributed by atoms with Crippen LogP contribution in [-0.2, 0) is 6.18 Å². The van der Waals surface area contributed by atoms with Gasteiger partial charge in [0.25, 0.3) is 0 Å². The molecule has 156 valence electrons. The molecule has 0 unspecified atom stereocenters. The monoisotopic (exact) mass is 427 g/mol. The third kappa shape index (κ3) is 5.06. The van der Waals surface area contributed by atoms with E-state index < -0.39 is 17.8 Å². The molecule has 0 spiro atoms. The minimum absolute atomic E-state index is 0.0445. The van der Waals surface area contributed by atoms with Crippen LogP contribution in [0, 0.1) is 0 Å². The van der Waals surface area contributed by atoms with Gasteiger partial charge < -0.3 is 19.9 Å². The first-order valence-corrected chi connectivity index (χ1v) is 9.57. The number of anilines is 2. The molecule has 1 saturated heterocycles. The van der Waals surface area contributed by atoms with Gasteiger partial charge in [0, 0.05) is 31.2 Å². The van der Waals surface area contributed by atoms with Crippen LogP contribution in [0.4, 0.5) is 29.3 Å². The summed E-state index contributed by atoms with van der Waals surface area (Å²) in [5.74, 6) is 0.767. The van der Waals surface area contributed by atoms with Crippen LogP contribution in [0.5, 0.6) is 5.75 Å². The Kier molecular flexibility index (Phi) is 6.42. The molecule has 0 aliphatic carbocycles. The molecular formula is C20H21ClF3N3O2. The SMILES string of the molecule is CCOc1ccccc1N1CCN(C(=O)Nc2ccc(Cl)cc2C(F)(F)F)CC1. The number of rotatable bonds is 4. The van der Waals surface area contributed by atoms with Crippen molar-refractivity contribution in [3.05, 3.63) is 53.1 Å². The molecular weight excluding hydrogens is 407 g/mol. The van der Waals surface area contributed by atoms with Crippen molar-refractivity contribution in [1.82, 2.24) is 4.90 Å². The highest BCUT2D eigenvalue weighted by Gasteiger charge is 2.35. The lowest BCUT2D eigenvalue weighted by Crippen LogP contribution is -2.50. The number of hydrogen-bond acceptors (Lipinski definition) is 3. The van der Waals surface area contributed by atoms with Gasteiger partial charge in [0.05, 0.1) is 23.5 Å². The molecule has 1 aliphatic rings. The lowest BCUT2D eigenvalue weighted by molar-refractivity contribution is -0.136. The Morgan fingerprint density at radius 1 is 1.14 bits per heavy atom. The van der Waals surface area contributed by atoms with Crippen molar-refractivity contribution in [3.8, 4) is 5.75 Å². The smallest absolute Gasteiger partial charge is 0.418 e. The predicted molar refractivity (Wildman–Crippen MR) is 107 cm³/mol. The maximum absolute atomic E-state index is 13.2. The molecule has 0 radical (unpaired) electrons. The first-order chi connectivity index (χ1) is 13.8. The number of nitrogens with zero attached hydrogens (tertiary/aromatic N) is 2. The van der Waals surface area contributed by atoms with Gasteiger partial charge in [-0.15, -0.1) is 0 Å². The Bertz CT molecular complexity index is 868. The minimum atomic E-state index is -4.62. The molecule has 1 aliphatic heterocycles. The minimum Gasteiger partial charge on any atom is -0.492 e. The van der Waals surface area contributed by atoms with E-state index in [0.29, 0.717) is 32.8 Å². The third-order valence-electron chi connectivity index (χ3n) is 4.60. The maximum atomic E-state index is 13.2. The molecule has 2 aromatic carbocycles. The standard InChI is InChI=1S/C20H21ClF3N3O2/c1-2-29-18-6-4-3-5-17(18)26-9-11-27(12-10-26)19(28)25-16-8-7-14(21)13-15(16)20(22,23)24/h3-8,13H,2,9-12H2,1H3,(H,25,28). The molecule has 1 heterocycles. The van der Waals surface area contributed by atoms with Crippen molar-refractivity contribution in [2.24, 2.45) is 0 Å². The Balaban J connectivity index is 1.66. The van der Waals surface area contributed by atoms with E-state index in [1.54, 1.807) is 0 Å². The summed E-state index contributed by atoms with van der Waals surface area (Å²) < 4.78 is 45.3. The van der Waals surface area contributed by atoms with E-state index in [0.717, 1.165) is 23.6 Å². The topological polar surface area (TPSA) is 44.8 Å². The van der Waals surface area contributed by atoms with Crippen LogP contribution >= 0.6 is 11.6 Å². The highest BCUT2D eigenvalue weighted by atomic mass is 35.5. The molecule has 2 amide bonds. The van der Waals surface area contributed by atoms with Crippen molar-refractivity contribution in [1.29, 1.82) is 0 Å². The fourth-order valence-corrected chi connectivity index (χ4v) is 3.37. The van der Waals surface area contributed by atoms with Crippen LogP contribution in [0.1, 0.15) is 12.5 Å². The number of nitrogens with one attached hydrogen (secondary N) is 1. The number of carbonyl (C=O) groups is 1. The molecule has 9 heteroatoms. The van der Waals surface area contributed by atoms with E-state index in [1.165, 1.54) is 11.0 Å². The summed E-state index contributed by atoms with van der Waals surface area (Å²) in [4.78, 5) is 16.1. The number of carbonyl (C=O) groups excluding carboxylic acids is 1. The average molecular weight is 428 g/mol. The van der Waals surface area contributed by atoms with Crippen molar-refractivity contribution in [2.45, 2.75) is 13.1 Å². The number of ether oxygens (including phenoxy) is 1. The fourth-order valence-electron chi connectivity index (χ4n) is 3.20. The average Bonchev–Trinajstić information content (AvgIpc) is 2.69. The highest BCUT2D eigenvalue weighted by molar-refractivity contribution is 6.30. The molecule has 29 heavy (non-hydrogen) atoms. The predicted octanol–water partition coefficient (Wildman–Crippen LogP) is 5.11. The summed E-state index contributed by atoms with van der Waals surface area (Å²) in [6, 6.07) is 10.3. The molecule has 1 N–H and O–H groups in total. The van der Waals surface area contributed by atoms with Crippen molar-refractivity contribution in [3.63, 3.8) is 0 Å². The zero-order valence-corrected chi connectivity index (χ0v) is 16.6. The van der Waals surface area contributed by atoms with Crippen LogP contribution in [-0.4, -0.2) is 43.7 Å². The number of urea groups is 1. The van der Waals surface area contributed by atoms with Crippen LogP contribution in [0.25, 0.3) is 0 Å². The molecule has 5 nitrogen and oxygen atoms in total. The Morgan fingerprint density at radius 2 is 1.83 bits per heavy atom. The van der Waals surface area contributed by atoms with E-state index >= 15 is 0 Å². The number of benzene rings is 2. The van der Waals surface area contributed by atoms with Crippen molar-refractivity contribution >= 4 is 29.0 Å². The number of halogens is 4. The van der Waals surface area contributed by atoms with Gasteiger partial charge in [0.2, 0.25) is 0 Å². The van der Waals surface area contributed by atoms with Gasteiger partial charge in [0.15, 0.2) is 0 Å². The van der Waals surface area contributed by atoms with E-state index in [1.807, 2.05) is 31.2 Å². The third-order valence-corrected chi connectivity index (χ3v) is 4.84. The number of para-hydroxylation sites is 2. The van der Waals surface area contributed by atoms with Gasteiger partial charge >= 0.3 is 12.2 Å². The largest absolute Gasteiger partial charge is 0.492 e. The molecule has 0 bridgehead atoms. The van der Waals surface area contributed by atoms with Gasteiger partial charge in [-0.25, -0.2) is 4.79 Å². The summed E-state index contributed by atoms with van der Waals surface area (Å²) in [7, 11) is 0. The van der Waals surface area contributed by atoms with E-state index in [-0.39, 0.29) is 10.7 Å². The lowest BCUT2D eigenvalue weighted by Gasteiger charge is -2.36. The second kappa shape index (κ2) is 8.82. The summed E-state index contributed by atoms with van der Waals surface area (Å²) in [6.45, 7) is 4.30. The number of amides is 2. The molecule has 0 saturated carbocycles. The van der Waals surface area contributed by atoms with E-state index in [2.05, 4.69) is 10.2 Å².